The van der Waals surface area contributed by atoms with Crippen LogP contribution in [0.3, 0.4) is 0 Å². The van der Waals surface area contributed by atoms with E-state index in [4.69, 9.17) is 16.3 Å². The molecular formula is C13H17ClO2. The molecule has 3 heteroatoms. The monoisotopic (exact) mass is 240 g/mol. The highest BCUT2D eigenvalue weighted by molar-refractivity contribution is 6.30. The van der Waals surface area contributed by atoms with Crippen LogP contribution in [-0.4, -0.2) is 12.6 Å². The van der Waals surface area contributed by atoms with Gasteiger partial charge in [0, 0.05) is 5.02 Å². The molecule has 1 aromatic carbocycles. The van der Waals surface area contributed by atoms with E-state index in [0.717, 1.165) is 12.0 Å². The summed E-state index contributed by atoms with van der Waals surface area (Å²) in [6.07, 6.45) is 1.32. The van der Waals surface area contributed by atoms with Crippen LogP contribution in [0.25, 0.3) is 0 Å². The molecule has 1 atom stereocenters. The van der Waals surface area contributed by atoms with Gasteiger partial charge in [0.25, 0.3) is 0 Å². The minimum atomic E-state index is -0.144. The fourth-order valence-electron chi connectivity index (χ4n) is 1.68. The van der Waals surface area contributed by atoms with Crippen molar-refractivity contribution >= 4 is 17.6 Å². The number of carbonyl (C=O) groups is 1. The molecule has 1 aromatic rings. The second kappa shape index (κ2) is 6.54. The number of benzene rings is 1. The first-order valence-electron chi connectivity index (χ1n) is 5.58. The average molecular weight is 241 g/mol. The molecule has 0 bridgehead atoms. The predicted octanol–water partition coefficient (Wildman–Crippen LogP) is 3.79. The zero-order valence-corrected chi connectivity index (χ0v) is 10.5. The highest BCUT2D eigenvalue weighted by Gasteiger charge is 2.15. The van der Waals surface area contributed by atoms with Gasteiger partial charge in [-0.05, 0) is 37.0 Å². The largest absolute Gasteiger partial charge is 0.466 e. The molecule has 0 aliphatic rings. The van der Waals surface area contributed by atoms with Gasteiger partial charge in [0.15, 0.2) is 0 Å². The number of rotatable bonds is 5. The van der Waals surface area contributed by atoms with E-state index < -0.39 is 0 Å². The van der Waals surface area contributed by atoms with E-state index in [0.29, 0.717) is 18.1 Å². The molecule has 0 fully saturated rings. The molecule has 88 valence electrons. The van der Waals surface area contributed by atoms with E-state index in [9.17, 15) is 4.79 Å². The Morgan fingerprint density at radius 2 is 2.19 bits per heavy atom. The summed E-state index contributed by atoms with van der Waals surface area (Å²) in [6, 6.07) is 7.65. The lowest BCUT2D eigenvalue weighted by molar-refractivity contribution is -0.143. The van der Waals surface area contributed by atoms with Gasteiger partial charge in [-0.2, -0.15) is 0 Å². The van der Waals surface area contributed by atoms with E-state index in [-0.39, 0.29) is 11.9 Å². The average Bonchev–Trinajstić information content (AvgIpc) is 2.26. The maximum absolute atomic E-state index is 11.4. The van der Waals surface area contributed by atoms with Crippen LogP contribution >= 0.6 is 11.6 Å². The molecular weight excluding hydrogens is 224 g/mol. The van der Waals surface area contributed by atoms with Gasteiger partial charge in [0.2, 0.25) is 0 Å². The van der Waals surface area contributed by atoms with Gasteiger partial charge in [-0.3, -0.25) is 4.79 Å². The summed E-state index contributed by atoms with van der Waals surface area (Å²) in [5.41, 5.74) is 1.10. The fourth-order valence-corrected chi connectivity index (χ4v) is 1.88. The number of carbonyl (C=O) groups excluding carboxylic acids is 1. The van der Waals surface area contributed by atoms with Crippen LogP contribution in [-0.2, 0) is 9.53 Å². The SMILES string of the molecule is CCOC(=O)CC(CC)c1cccc(Cl)c1. The number of esters is 1. The van der Waals surface area contributed by atoms with Gasteiger partial charge >= 0.3 is 5.97 Å². The Balaban J connectivity index is 2.70. The first-order valence-corrected chi connectivity index (χ1v) is 5.96. The van der Waals surface area contributed by atoms with Crippen LogP contribution in [0.5, 0.6) is 0 Å². The lowest BCUT2D eigenvalue weighted by Gasteiger charge is -2.14. The van der Waals surface area contributed by atoms with Gasteiger partial charge in [-0.25, -0.2) is 0 Å². The summed E-state index contributed by atoms with van der Waals surface area (Å²) in [5.74, 6) is 0.0482. The lowest BCUT2D eigenvalue weighted by atomic mass is 9.93. The van der Waals surface area contributed by atoms with Crippen molar-refractivity contribution in [3.8, 4) is 0 Å². The van der Waals surface area contributed by atoms with Crippen LogP contribution in [0.2, 0.25) is 5.02 Å². The molecule has 16 heavy (non-hydrogen) atoms. The van der Waals surface area contributed by atoms with E-state index in [2.05, 4.69) is 6.92 Å². The van der Waals surface area contributed by atoms with Gasteiger partial charge in [0.1, 0.15) is 0 Å². The van der Waals surface area contributed by atoms with Gasteiger partial charge in [-0.15, -0.1) is 0 Å². The summed E-state index contributed by atoms with van der Waals surface area (Å²) in [6.45, 7) is 4.31. The zero-order valence-electron chi connectivity index (χ0n) is 9.70. The van der Waals surface area contributed by atoms with Crippen LogP contribution in [0.1, 0.15) is 38.2 Å². The van der Waals surface area contributed by atoms with Crippen molar-refractivity contribution < 1.29 is 9.53 Å². The molecule has 0 radical (unpaired) electrons. The third kappa shape index (κ3) is 3.86. The Labute approximate surface area is 102 Å². The first kappa shape index (κ1) is 13.0. The minimum absolute atomic E-state index is 0.144. The van der Waals surface area contributed by atoms with Crippen molar-refractivity contribution in [2.24, 2.45) is 0 Å². The summed E-state index contributed by atoms with van der Waals surface area (Å²) < 4.78 is 4.95. The molecule has 0 spiro atoms. The molecule has 2 nitrogen and oxygen atoms in total. The van der Waals surface area contributed by atoms with Gasteiger partial charge < -0.3 is 4.74 Å². The van der Waals surface area contributed by atoms with Crippen molar-refractivity contribution in [3.63, 3.8) is 0 Å². The Bertz CT molecular complexity index is 350. The van der Waals surface area contributed by atoms with Crippen LogP contribution in [0.4, 0.5) is 0 Å². The van der Waals surface area contributed by atoms with Crippen LogP contribution in [0.15, 0.2) is 24.3 Å². The third-order valence-electron chi connectivity index (χ3n) is 2.53. The lowest BCUT2D eigenvalue weighted by Crippen LogP contribution is -2.10. The van der Waals surface area contributed by atoms with Crippen molar-refractivity contribution in [3.05, 3.63) is 34.9 Å². The summed E-state index contributed by atoms with van der Waals surface area (Å²) in [5, 5.41) is 0.708. The summed E-state index contributed by atoms with van der Waals surface area (Å²) in [7, 11) is 0. The topological polar surface area (TPSA) is 26.3 Å². The number of hydrogen-bond acceptors (Lipinski definition) is 2. The summed E-state index contributed by atoms with van der Waals surface area (Å²) >= 11 is 5.93. The normalized spacial score (nSPS) is 12.2. The van der Waals surface area contributed by atoms with Crippen molar-refractivity contribution in [1.29, 1.82) is 0 Å². The fraction of sp³-hybridized carbons (Fsp3) is 0.462. The standard InChI is InChI=1S/C13H17ClO2/c1-3-10(9-13(15)16-4-2)11-6-5-7-12(14)8-11/h5-8,10H,3-4,9H2,1-2H3. The highest BCUT2D eigenvalue weighted by atomic mass is 35.5. The number of halogens is 1. The van der Waals surface area contributed by atoms with E-state index in [1.807, 2.05) is 31.2 Å². The molecule has 0 aromatic heterocycles. The maximum atomic E-state index is 11.4. The quantitative estimate of drug-likeness (QED) is 0.732. The Kier molecular flexibility index (Phi) is 5.33. The third-order valence-corrected chi connectivity index (χ3v) is 2.77. The molecule has 0 saturated heterocycles. The van der Waals surface area contributed by atoms with Crippen LogP contribution < -0.4 is 0 Å². The first-order chi connectivity index (χ1) is 7.67. The smallest absolute Gasteiger partial charge is 0.306 e. The van der Waals surface area contributed by atoms with Gasteiger partial charge in [0.05, 0.1) is 13.0 Å². The maximum Gasteiger partial charge on any atom is 0.306 e. The summed E-state index contributed by atoms with van der Waals surface area (Å²) in [4.78, 5) is 11.4. The molecule has 1 unspecified atom stereocenters. The molecule has 0 N–H and O–H groups in total. The van der Waals surface area contributed by atoms with E-state index in [1.165, 1.54) is 0 Å². The van der Waals surface area contributed by atoms with Crippen molar-refractivity contribution in [2.75, 3.05) is 6.61 Å². The van der Waals surface area contributed by atoms with Gasteiger partial charge in [-0.1, -0.05) is 30.7 Å². The second-order valence-electron chi connectivity index (χ2n) is 3.67. The molecule has 0 heterocycles. The number of ether oxygens (including phenoxy) is 1. The molecule has 0 aliphatic carbocycles. The molecule has 0 amide bonds. The highest BCUT2D eigenvalue weighted by Crippen LogP contribution is 2.25. The van der Waals surface area contributed by atoms with Crippen LogP contribution in [0, 0.1) is 0 Å². The molecule has 1 rings (SSSR count). The Morgan fingerprint density at radius 1 is 1.44 bits per heavy atom. The minimum Gasteiger partial charge on any atom is -0.466 e. The van der Waals surface area contributed by atoms with Crippen molar-refractivity contribution in [2.45, 2.75) is 32.6 Å². The predicted molar refractivity (Wildman–Crippen MR) is 65.7 cm³/mol. The number of hydrogen-bond donors (Lipinski definition) is 0. The van der Waals surface area contributed by atoms with E-state index >= 15 is 0 Å². The second-order valence-corrected chi connectivity index (χ2v) is 4.11. The Morgan fingerprint density at radius 3 is 2.75 bits per heavy atom. The molecule has 0 saturated carbocycles. The van der Waals surface area contributed by atoms with Crippen molar-refractivity contribution in [1.82, 2.24) is 0 Å². The zero-order chi connectivity index (χ0) is 12.0. The van der Waals surface area contributed by atoms with E-state index in [1.54, 1.807) is 0 Å². The Hall–Kier alpha value is -1.02. The molecule has 0 aliphatic heterocycles.